The maximum Gasteiger partial charge on any atom is 0.317 e. The number of aromatic nitrogens is 2. The number of carbonyl (C=O) groups is 1. The van der Waals surface area contributed by atoms with E-state index >= 15 is 0 Å². The van der Waals surface area contributed by atoms with E-state index in [1.807, 2.05) is 0 Å². The molecule has 0 spiro atoms. The molecule has 0 unspecified atom stereocenters. The minimum atomic E-state index is -0.154. The first-order valence-electron chi connectivity index (χ1n) is 8.23. The van der Waals surface area contributed by atoms with E-state index in [0.717, 1.165) is 25.9 Å². The summed E-state index contributed by atoms with van der Waals surface area (Å²) in [6.45, 7) is 4.81. The lowest BCUT2D eigenvalue weighted by atomic mass is 10.0. The van der Waals surface area contributed by atoms with Crippen LogP contribution in [0.2, 0.25) is 0 Å². The van der Waals surface area contributed by atoms with Gasteiger partial charge in [-0.1, -0.05) is 11.6 Å². The first-order chi connectivity index (χ1) is 11.1. The van der Waals surface area contributed by atoms with Crippen LogP contribution < -0.4 is 5.32 Å². The number of amides is 2. The highest BCUT2D eigenvalue weighted by atomic mass is 16.5. The summed E-state index contributed by atoms with van der Waals surface area (Å²) in [5.74, 6) is 0.994. The fourth-order valence-electron chi connectivity index (χ4n) is 2.85. The van der Waals surface area contributed by atoms with Crippen molar-refractivity contribution in [2.45, 2.75) is 45.2 Å². The molecule has 0 aliphatic carbocycles. The summed E-state index contributed by atoms with van der Waals surface area (Å²) in [5.41, 5.74) is 0. The third kappa shape index (κ3) is 5.47. The molecule has 0 radical (unpaired) electrons. The molecule has 2 heterocycles. The van der Waals surface area contributed by atoms with Gasteiger partial charge >= 0.3 is 6.03 Å². The number of piperidine rings is 1. The summed E-state index contributed by atoms with van der Waals surface area (Å²) in [6.07, 6.45) is 4.32. The van der Waals surface area contributed by atoms with E-state index in [1.54, 1.807) is 14.0 Å². The van der Waals surface area contributed by atoms with Crippen molar-refractivity contribution >= 4 is 6.03 Å². The van der Waals surface area contributed by atoms with E-state index in [4.69, 9.17) is 4.52 Å². The molecule has 1 aromatic heterocycles. The molecule has 2 amide bonds. The Morgan fingerprint density at radius 3 is 3.04 bits per heavy atom. The predicted octanol–water partition coefficient (Wildman–Crippen LogP) is 0.756. The average Bonchev–Trinajstić information content (AvgIpc) is 2.96. The van der Waals surface area contributed by atoms with Gasteiger partial charge in [0.2, 0.25) is 5.89 Å². The molecule has 1 aliphatic rings. The number of carbonyl (C=O) groups excluding carboxylic acids is 1. The molecule has 1 aliphatic heterocycles. The summed E-state index contributed by atoms with van der Waals surface area (Å²) in [6, 6.07) is 0.126. The summed E-state index contributed by atoms with van der Waals surface area (Å²) >= 11 is 0. The van der Waals surface area contributed by atoms with Crippen LogP contribution in [0.4, 0.5) is 4.79 Å². The Morgan fingerprint density at radius 1 is 1.52 bits per heavy atom. The second kappa shape index (κ2) is 8.83. The summed E-state index contributed by atoms with van der Waals surface area (Å²) < 4.78 is 5.00. The summed E-state index contributed by atoms with van der Waals surface area (Å²) in [7, 11) is 1.70. The second-order valence-electron chi connectivity index (χ2n) is 6.05. The van der Waals surface area contributed by atoms with Crippen molar-refractivity contribution in [2.24, 2.45) is 0 Å². The van der Waals surface area contributed by atoms with Crippen LogP contribution in [0.15, 0.2) is 4.52 Å². The van der Waals surface area contributed by atoms with Crippen LogP contribution in [0, 0.1) is 6.92 Å². The highest BCUT2D eigenvalue weighted by molar-refractivity contribution is 5.73. The van der Waals surface area contributed by atoms with Crippen molar-refractivity contribution in [1.29, 1.82) is 0 Å². The van der Waals surface area contributed by atoms with Crippen LogP contribution in [0.3, 0.4) is 0 Å². The first-order valence-corrected chi connectivity index (χ1v) is 8.23. The smallest absolute Gasteiger partial charge is 0.317 e. The lowest BCUT2D eigenvalue weighted by Gasteiger charge is -2.34. The fourth-order valence-corrected chi connectivity index (χ4v) is 2.85. The van der Waals surface area contributed by atoms with Crippen molar-refractivity contribution < 1.29 is 14.4 Å². The molecule has 23 heavy (non-hydrogen) atoms. The Hall–Kier alpha value is -1.67. The Labute approximate surface area is 136 Å². The van der Waals surface area contributed by atoms with Crippen molar-refractivity contribution in [2.75, 3.05) is 33.3 Å². The van der Waals surface area contributed by atoms with Crippen molar-refractivity contribution in [1.82, 2.24) is 25.3 Å². The van der Waals surface area contributed by atoms with Gasteiger partial charge in [0.1, 0.15) is 6.54 Å². The zero-order valence-electron chi connectivity index (χ0n) is 14.0. The van der Waals surface area contributed by atoms with Crippen LogP contribution in [0.1, 0.15) is 37.4 Å². The molecule has 1 fully saturated rings. The lowest BCUT2D eigenvalue weighted by Crippen LogP contribution is -2.43. The van der Waals surface area contributed by atoms with Gasteiger partial charge in [0, 0.05) is 26.2 Å². The molecule has 130 valence electrons. The van der Waals surface area contributed by atoms with Gasteiger partial charge in [-0.3, -0.25) is 4.90 Å². The number of nitrogens with zero attached hydrogens (tertiary/aromatic N) is 4. The van der Waals surface area contributed by atoms with E-state index in [0.29, 0.717) is 24.8 Å². The van der Waals surface area contributed by atoms with Crippen LogP contribution in [-0.2, 0) is 6.54 Å². The predicted molar refractivity (Wildman–Crippen MR) is 84.8 cm³/mol. The normalized spacial score (nSPS) is 18.8. The molecule has 2 N–H and O–H groups in total. The Bertz CT molecular complexity index is 493. The van der Waals surface area contributed by atoms with Gasteiger partial charge in [0.15, 0.2) is 5.82 Å². The molecular formula is C15H27N5O3. The molecule has 0 saturated carbocycles. The molecule has 2 rings (SSSR count). The number of aliphatic hydroxyl groups excluding tert-OH is 1. The lowest BCUT2D eigenvalue weighted by molar-refractivity contribution is 0.0892. The van der Waals surface area contributed by atoms with Crippen LogP contribution in [0.25, 0.3) is 0 Å². The molecule has 1 atom stereocenters. The minimum Gasteiger partial charge on any atom is -0.395 e. The van der Waals surface area contributed by atoms with E-state index < -0.39 is 0 Å². The van der Waals surface area contributed by atoms with E-state index in [2.05, 4.69) is 20.4 Å². The first kappa shape index (κ1) is 17.7. The summed E-state index contributed by atoms with van der Waals surface area (Å²) in [5, 5.41) is 16.0. The quantitative estimate of drug-likeness (QED) is 0.719. The van der Waals surface area contributed by atoms with Gasteiger partial charge in [-0.25, -0.2) is 4.79 Å². The van der Waals surface area contributed by atoms with Crippen molar-refractivity contribution in [3.63, 3.8) is 0 Å². The fraction of sp³-hybridized carbons (Fsp3) is 0.800. The number of hydrogen-bond donors (Lipinski definition) is 2. The average molecular weight is 325 g/mol. The maximum atomic E-state index is 12.0. The third-order valence-corrected chi connectivity index (χ3v) is 4.15. The molecule has 0 aromatic carbocycles. The number of aliphatic hydroxyl groups is 1. The second-order valence-corrected chi connectivity index (χ2v) is 6.05. The number of aryl methyl sites for hydroxylation is 1. The molecule has 1 aromatic rings. The zero-order valence-corrected chi connectivity index (χ0v) is 14.0. The molecule has 8 nitrogen and oxygen atoms in total. The Balaban J connectivity index is 1.64. The van der Waals surface area contributed by atoms with E-state index in [1.165, 1.54) is 17.7 Å². The molecule has 1 saturated heterocycles. The Kier molecular flexibility index (Phi) is 6.79. The SMILES string of the molecule is Cc1noc(CN(C)C(=O)NCCCN2CCCC[C@H]2CO)n1. The van der Waals surface area contributed by atoms with Gasteiger partial charge < -0.3 is 19.8 Å². The van der Waals surface area contributed by atoms with Crippen molar-refractivity contribution in [3.8, 4) is 0 Å². The van der Waals surface area contributed by atoms with Gasteiger partial charge in [0.05, 0.1) is 6.61 Å². The topological polar surface area (TPSA) is 94.7 Å². The molecule has 0 bridgehead atoms. The minimum absolute atomic E-state index is 0.154. The number of urea groups is 1. The van der Waals surface area contributed by atoms with Crippen LogP contribution >= 0.6 is 0 Å². The van der Waals surface area contributed by atoms with Gasteiger partial charge in [-0.15, -0.1) is 0 Å². The largest absolute Gasteiger partial charge is 0.395 e. The zero-order chi connectivity index (χ0) is 16.7. The number of rotatable bonds is 7. The van der Waals surface area contributed by atoms with E-state index in [-0.39, 0.29) is 18.7 Å². The highest BCUT2D eigenvalue weighted by Crippen LogP contribution is 2.16. The third-order valence-electron chi connectivity index (χ3n) is 4.15. The van der Waals surface area contributed by atoms with Gasteiger partial charge in [0.25, 0.3) is 0 Å². The van der Waals surface area contributed by atoms with Crippen LogP contribution in [0.5, 0.6) is 0 Å². The Morgan fingerprint density at radius 2 is 2.35 bits per heavy atom. The maximum absolute atomic E-state index is 12.0. The monoisotopic (exact) mass is 325 g/mol. The van der Waals surface area contributed by atoms with Gasteiger partial charge in [-0.05, 0) is 32.7 Å². The highest BCUT2D eigenvalue weighted by Gasteiger charge is 2.21. The summed E-state index contributed by atoms with van der Waals surface area (Å²) in [4.78, 5) is 19.9. The molecular weight excluding hydrogens is 298 g/mol. The van der Waals surface area contributed by atoms with Gasteiger partial charge in [-0.2, -0.15) is 4.98 Å². The van der Waals surface area contributed by atoms with Crippen LogP contribution in [-0.4, -0.2) is 70.4 Å². The number of likely N-dealkylation sites (tertiary alicyclic amines) is 1. The number of hydrogen-bond acceptors (Lipinski definition) is 6. The number of nitrogens with one attached hydrogen (secondary N) is 1. The van der Waals surface area contributed by atoms with E-state index in [9.17, 15) is 9.90 Å². The molecule has 8 heteroatoms. The standard InChI is InChI=1S/C15H27N5O3/c1-12-17-14(23-18-12)10-19(2)15(22)16-7-5-9-20-8-4-3-6-13(20)11-21/h13,21H,3-11H2,1-2H3,(H,16,22)/t13-/m0/s1. The van der Waals surface area contributed by atoms with Crippen molar-refractivity contribution in [3.05, 3.63) is 11.7 Å².